The van der Waals surface area contributed by atoms with Crippen molar-refractivity contribution in [3.8, 4) is 0 Å². The van der Waals surface area contributed by atoms with E-state index in [1.165, 1.54) is 32.1 Å². The van der Waals surface area contributed by atoms with Gasteiger partial charge in [0, 0.05) is 6.04 Å². The van der Waals surface area contributed by atoms with Gasteiger partial charge >= 0.3 is 5.97 Å². The molecule has 2 N–H and O–H groups in total. The maximum absolute atomic E-state index is 11.9. The van der Waals surface area contributed by atoms with E-state index in [2.05, 4.69) is 19.2 Å². The molecule has 0 aromatic carbocycles. The van der Waals surface area contributed by atoms with Crippen molar-refractivity contribution in [3.05, 3.63) is 0 Å². The predicted octanol–water partition coefficient (Wildman–Crippen LogP) is 3.58. The Labute approximate surface area is 117 Å². The minimum absolute atomic E-state index is 0.224. The lowest BCUT2D eigenvalue weighted by atomic mass is 9.68. The van der Waals surface area contributed by atoms with E-state index < -0.39 is 11.5 Å². The lowest BCUT2D eigenvalue weighted by Gasteiger charge is -2.45. The van der Waals surface area contributed by atoms with Crippen LogP contribution >= 0.6 is 0 Å². The molecule has 0 spiro atoms. The van der Waals surface area contributed by atoms with Gasteiger partial charge in [-0.15, -0.1) is 0 Å². The molecule has 0 aromatic heterocycles. The van der Waals surface area contributed by atoms with Crippen molar-refractivity contribution in [1.29, 1.82) is 0 Å². The first-order valence-electron chi connectivity index (χ1n) is 8.07. The Morgan fingerprint density at radius 1 is 1.05 bits per heavy atom. The smallest absolute Gasteiger partial charge is 0.324 e. The molecule has 2 saturated carbocycles. The van der Waals surface area contributed by atoms with Crippen LogP contribution in [-0.4, -0.2) is 22.7 Å². The quantitative estimate of drug-likeness (QED) is 0.768. The molecule has 0 aromatic rings. The van der Waals surface area contributed by atoms with Crippen molar-refractivity contribution in [3.63, 3.8) is 0 Å². The molecule has 3 unspecified atom stereocenters. The molecule has 110 valence electrons. The number of rotatable bonds is 3. The number of carboxylic acids is 1. The standard InChI is InChI=1S/C16H29NO2/c1-12-8-7-11-16(13(12)2,15(18)19)17-14-9-5-3-4-6-10-14/h12-14,17H,3-11H2,1-2H3,(H,18,19). The van der Waals surface area contributed by atoms with E-state index in [0.717, 1.165) is 25.7 Å². The number of hydrogen-bond acceptors (Lipinski definition) is 2. The van der Waals surface area contributed by atoms with E-state index in [0.29, 0.717) is 12.0 Å². The van der Waals surface area contributed by atoms with Crippen LogP contribution in [0.25, 0.3) is 0 Å². The Kier molecular flexibility index (Phi) is 4.88. The van der Waals surface area contributed by atoms with Crippen LogP contribution in [0.4, 0.5) is 0 Å². The highest BCUT2D eigenvalue weighted by atomic mass is 16.4. The van der Waals surface area contributed by atoms with E-state index in [9.17, 15) is 9.90 Å². The minimum atomic E-state index is -0.674. The second kappa shape index (κ2) is 6.25. The molecular formula is C16H29NO2. The second-order valence-corrected chi connectivity index (χ2v) is 6.77. The topological polar surface area (TPSA) is 49.3 Å². The average Bonchev–Trinajstić information content (AvgIpc) is 2.63. The first-order valence-corrected chi connectivity index (χ1v) is 8.07. The van der Waals surface area contributed by atoms with Crippen LogP contribution in [0.3, 0.4) is 0 Å². The van der Waals surface area contributed by atoms with Crippen molar-refractivity contribution >= 4 is 5.97 Å². The van der Waals surface area contributed by atoms with Crippen molar-refractivity contribution in [2.45, 2.75) is 83.2 Å². The van der Waals surface area contributed by atoms with Gasteiger partial charge in [0.25, 0.3) is 0 Å². The molecule has 0 amide bonds. The maximum Gasteiger partial charge on any atom is 0.324 e. The highest BCUT2D eigenvalue weighted by Gasteiger charge is 2.48. The Balaban J connectivity index is 2.12. The van der Waals surface area contributed by atoms with Crippen molar-refractivity contribution in [1.82, 2.24) is 5.32 Å². The van der Waals surface area contributed by atoms with Gasteiger partial charge in [0.05, 0.1) is 0 Å². The summed E-state index contributed by atoms with van der Waals surface area (Å²) in [5.74, 6) is 0.0981. The average molecular weight is 267 g/mol. The van der Waals surface area contributed by atoms with E-state index in [1.54, 1.807) is 0 Å². The molecular weight excluding hydrogens is 238 g/mol. The lowest BCUT2D eigenvalue weighted by Crippen LogP contribution is -2.62. The molecule has 2 aliphatic rings. The second-order valence-electron chi connectivity index (χ2n) is 6.77. The molecule has 0 aliphatic heterocycles. The summed E-state index contributed by atoms with van der Waals surface area (Å²) in [5, 5.41) is 13.4. The van der Waals surface area contributed by atoms with Crippen LogP contribution < -0.4 is 5.32 Å². The highest BCUT2D eigenvalue weighted by molar-refractivity contribution is 5.79. The summed E-state index contributed by atoms with van der Waals surface area (Å²) in [6, 6.07) is 0.409. The van der Waals surface area contributed by atoms with E-state index in [4.69, 9.17) is 0 Å². The molecule has 0 saturated heterocycles. The molecule has 0 bridgehead atoms. The molecule has 3 atom stereocenters. The van der Waals surface area contributed by atoms with Crippen LogP contribution in [-0.2, 0) is 4.79 Å². The summed E-state index contributed by atoms with van der Waals surface area (Å²) in [6.45, 7) is 4.33. The monoisotopic (exact) mass is 267 g/mol. The van der Waals surface area contributed by atoms with E-state index in [1.807, 2.05) is 0 Å². The molecule has 2 rings (SSSR count). The van der Waals surface area contributed by atoms with Crippen molar-refractivity contribution < 1.29 is 9.90 Å². The van der Waals surface area contributed by atoms with Crippen LogP contribution in [0.15, 0.2) is 0 Å². The van der Waals surface area contributed by atoms with Gasteiger partial charge in [-0.3, -0.25) is 10.1 Å². The summed E-state index contributed by atoms with van der Waals surface area (Å²) in [4.78, 5) is 11.9. The predicted molar refractivity (Wildman–Crippen MR) is 77.2 cm³/mol. The molecule has 0 radical (unpaired) electrons. The number of carboxylic acid groups (broad SMARTS) is 1. The highest BCUT2D eigenvalue weighted by Crippen LogP contribution is 2.39. The summed E-state index contributed by atoms with van der Waals surface area (Å²) in [5.41, 5.74) is -0.674. The summed E-state index contributed by atoms with van der Waals surface area (Å²) in [7, 11) is 0. The fourth-order valence-electron chi connectivity index (χ4n) is 4.02. The summed E-state index contributed by atoms with van der Waals surface area (Å²) < 4.78 is 0. The van der Waals surface area contributed by atoms with Gasteiger partial charge in [-0.1, -0.05) is 52.4 Å². The van der Waals surface area contributed by atoms with E-state index >= 15 is 0 Å². The first kappa shape index (κ1) is 14.8. The summed E-state index contributed by atoms with van der Waals surface area (Å²) in [6.07, 6.45) is 10.4. The third-order valence-electron chi connectivity index (χ3n) is 5.56. The lowest BCUT2D eigenvalue weighted by molar-refractivity contribution is -0.151. The van der Waals surface area contributed by atoms with E-state index in [-0.39, 0.29) is 5.92 Å². The van der Waals surface area contributed by atoms with Gasteiger partial charge in [-0.25, -0.2) is 0 Å². The summed E-state index contributed by atoms with van der Waals surface area (Å²) >= 11 is 0. The molecule has 3 nitrogen and oxygen atoms in total. The maximum atomic E-state index is 11.9. The third kappa shape index (κ3) is 3.13. The van der Waals surface area contributed by atoms with Crippen LogP contribution in [0, 0.1) is 11.8 Å². The van der Waals surface area contributed by atoms with Crippen LogP contribution in [0.1, 0.15) is 71.6 Å². The number of nitrogens with one attached hydrogen (secondary N) is 1. The Hall–Kier alpha value is -0.570. The fraction of sp³-hybridized carbons (Fsp3) is 0.938. The molecule has 19 heavy (non-hydrogen) atoms. The molecule has 0 heterocycles. The number of hydrogen-bond donors (Lipinski definition) is 2. The minimum Gasteiger partial charge on any atom is -0.480 e. The molecule has 2 fully saturated rings. The zero-order valence-electron chi connectivity index (χ0n) is 12.5. The molecule has 2 aliphatic carbocycles. The molecule has 3 heteroatoms. The Morgan fingerprint density at radius 3 is 2.26 bits per heavy atom. The SMILES string of the molecule is CC1CCCC(NC2CCCCCC2)(C(=O)O)C1C. The zero-order chi connectivity index (χ0) is 13.9. The first-order chi connectivity index (χ1) is 9.06. The normalized spacial score (nSPS) is 37.8. The van der Waals surface area contributed by atoms with Crippen molar-refractivity contribution in [2.24, 2.45) is 11.8 Å². The van der Waals surface area contributed by atoms with Gasteiger partial charge < -0.3 is 5.11 Å². The largest absolute Gasteiger partial charge is 0.480 e. The van der Waals surface area contributed by atoms with Gasteiger partial charge in [0.2, 0.25) is 0 Å². The van der Waals surface area contributed by atoms with Crippen LogP contribution in [0.2, 0.25) is 0 Å². The Morgan fingerprint density at radius 2 is 1.68 bits per heavy atom. The Bertz CT molecular complexity index is 310. The van der Waals surface area contributed by atoms with Gasteiger partial charge in [0.15, 0.2) is 0 Å². The van der Waals surface area contributed by atoms with Crippen molar-refractivity contribution in [2.75, 3.05) is 0 Å². The number of aliphatic carboxylic acids is 1. The third-order valence-corrected chi connectivity index (χ3v) is 5.56. The number of carbonyl (C=O) groups is 1. The fourth-order valence-corrected chi connectivity index (χ4v) is 4.02. The van der Waals surface area contributed by atoms with Gasteiger partial charge in [0.1, 0.15) is 5.54 Å². The zero-order valence-corrected chi connectivity index (χ0v) is 12.5. The van der Waals surface area contributed by atoms with Gasteiger partial charge in [-0.2, -0.15) is 0 Å². The van der Waals surface area contributed by atoms with Gasteiger partial charge in [-0.05, 0) is 31.1 Å². The van der Waals surface area contributed by atoms with Crippen LogP contribution in [0.5, 0.6) is 0 Å².